The molecule has 0 aliphatic heterocycles. The first kappa shape index (κ1) is 16.6. The van der Waals surface area contributed by atoms with Gasteiger partial charge in [0.2, 0.25) is 5.91 Å². The summed E-state index contributed by atoms with van der Waals surface area (Å²) in [4.78, 5) is 17.8. The van der Waals surface area contributed by atoms with Gasteiger partial charge >= 0.3 is 0 Å². The average molecular weight is 317 g/mol. The summed E-state index contributed by atoms with van der Waals surface area (Å²) < 4.78 is 0. The molecular formula is C17H23N3OS. The summed E-state index contributed by atoms with van der Waals surface area (Å²) in [6.45, 7) is 9.11. The maximum Gasteiger partial charge on any atom is 0.225 e. The average Bonchev–Trinajstić information content (AvgIpc) is 2.94. The molecule has 1 atom stereocenters. The van der Waals surface area contributed by atoms with Crippen LogP contribution in [0.2, 0.25) is 0 Å². The van der Waals surface area contributed by atoms with Crippen LogP contribution >= 0.6 is 11.3 Å². The van der Waals surface area contributed by atoms with E-state index in [1.807, 2.05) is 12.3 Å². The van der Waals surface area contributed by atoms with E-state index in [0.717, 1.165) is 10.8 Å². The Labute approximate surface area is 136 Å². The molecule has 1 aromatic heterocycles. The SMILES string of the molecule is CCN(C(C)=O)c1nc(CNC(C)c2ccc(C)cc2)cs1. The summed E-state index contributed by atoms with van der Waals surface area (Å²) in [5.41, 5.74) is 3.50. The first-order valence-electron chi connectivity index (χ1n) is 7.53. The van der Waals surface area contributed by atoms with Crippen LogP contribution in [0.3, 0.4) is 0 Å². The fourth-order valence-electron chi connectivity index (χ4n) is 2.22. The molecule has 0 bridgehead atoms. The molecule has 0 radical (unpaired) electrons. The van der Waals surface area contributed by atoms with Crippen LogP contribution in [0, 0.1) is 6.92 Å². The molecule has 0 saturated heterocycles. The van der Waals surface area contributed by atoms with E-state index >= 15 is 0 Å². The van der Waals surface area contributed by atoms with Crippen molar-refractivity contribution in [3.05, 3.63) is 46.5 Å². The van der Waals surface area contributed by atoms with Gasteiger partial charge in [-0.25, -0.2) is 4.98 Å². The van der Waals surface area contributed by atoms with Crippen molar-refractivity contribution < 1.29 is 4.79 Å². The molecule has 2 aromatic rings. The minimum absolute atomic E-state index is 0.0318. The topological polar surface area (TPSA) is 45.2 Å². The van der Waals surface area contributed by atoms with E-state index < -0.39 is 0 Å². The molecule has 4 nitrogen and oxygen atoms in total. The monoisotopic (exact) mass is 317 g/mol. The summed E-state index contributed by atoms with van der Waals surface area (Å²) in [6, 6.07) is 8.81. The Hall–Kier alpha value is -1.72. The Bertz CT molecular complexity index is 621. The molecule has 0 aliphatic carbocycles. The molecule has 118 valence electrons. The van der Waals surface area contributed by atoms with E-state index in [9.17, 15) is 4.79 Å². The van der Waals surface area contributed by atoms with Gasteiger partial charge in [-0.15, -0.1) is 11.3 Å². The second-order valence-electron chi connectivity index (χ2n) is 5.40. The molecule has 1 amide bonds. The van der Waals surface area contributed by atoms with Crippen LogP contribution in [0.5, 0.6) is 0 Å². The lowest BCUT2D eigenvalue weighted by molar-refractivity contribution is -0.116. The van der Waals surface area contributed by atoms with Gasteiger partial charge in [0.1, 0.15) is 0 Å². The number of hydrogen-bond acceptors (Lipinski definition) is 4. The fraction of sp³-hybridized carbons (Fsp3) is 0.412. The van der Waals surface area contributed by atoms with Crippen molar-refractivity contribution in [1.82, 2.24) is 10.3 Å². The highest BCUT2D eigenvalue weighted by Gasteiger charge is 2.13. The van der Waals surface area contributed by atoms with Gasteiger partial charge < -0.3 is 5.32 Å². The van der Waals surface area contributed by atoms with Crippen LogP contribution in [-0.2, 0) is 11.3 Å². The molecule has 1 N–H and O–H groups in total. The third kappa shape index (κ3) is 4.15. The number of carbonyl (C=O) groups excluding carboxylic acids is 1. The fourth-order valence-corrected chi connectivity index (χ4v) is 3.16. The number of rotatable bonds is 6. The Balaban J connectivity index is 1.96. The first-order valence-corrected chi connectivity index (χ1v) is 8.41. The lowest BCUT2D eigenvalue weighted by atomic mass is 10.1. The molecule has 0 saturated carbocycles. The minimum atomic E-state index is 0.0318. The maximum atomic E-state index is 11.5. The number of hydrogen-bond donors (Lipinski definition) is 1. The summed E-state index contributed by atoms with van der Waals surface area (Å²) in [5, 5.41) is 6.26. The van der Waals surface area contributed by atoms with Crippen LogP contribution in [0.1, 0.15) is 43.6 Å². The number of benzene rings is 1. The third-order valence-corrected chi connectivity index (χ3v) is 4.55. The number of thiazole rings is 1. The number of aromatic nitrogens is 1. The van der Waals surface area contributed by atoms with Crippen LogP contribution < -0.4 is 10.2 Å². The second-order valence-corrected chi connectivity index (χ2v) is 6.23. The predicted octanol–water partition coefficient (Wildman–Crippen LogP) is 3.68. The molecule has 1 heterocycles. The maximum absolute atomic E-state index is 11.5. The van der Waals surface area contributed by atoms with Gasteiger partial charge in [-0.3, -0.25) is 9.69 Å². The van der Waals surface area contributed by atoms with Crippen LogP contribution in [0.25, 0.3) is 0 Å². The minimum Gasteiger partial charge on any atom is -0.305 e. The standard InChI is InChI=1S/C17H23N3OS/c1-5-20(14(4)21)17-19-16(11-22-17)10-18-13(3)15-8-6-12(2)7-9-15/h6-9,11,13,18H,5,10H2,1-4H3. The van der Waals surface area contributed by atoms with E-state index in [2.05, 4.69) is 48.4 Å². The number of aryl methyl sites for hydroxylation is 1. The van der Waals surface area contributed by atoms with Crippen molar-refractivity contribution in [3.8, 4) is 0 Å². The Kier molecular flexibility index (Phi) is 5.69. The summed E-state index contributed by atoms with van der Waals surface area (Å²) in [7, 11) is 0. The van der Waals surface area contributed by atoms with E-state index in [1.54, 1.807) is 11.8 Å². The molecule has 1 unspecified atom stereocenters. The van der Waals surface area contributed by atoms with Gasteiger partial charge in [0.15, 0.2) is 5.13 Å². The van der Waals surface area contributed by atoms with Crippen LogP contribution in [-0.4, -0.2) is 17.4 Å². The van der Waals surface area contributed by atoms with Gasteiger partial charge in [-0.2, -0.15) is 0 Å². The number of nitrogens with one attached hydrogen (secondary N) is 1. The third-order valence-electron chi connectivity index (χ3n) is 3.63. The molecular weight excluding hydrogens is 294 g/mol. The van der Waals surface area contributed by atoms with Crippen molar-refractivity contribution in [2.24, 2.45) is 0 Å². The molecule has 22 heavy (non-hydrogen) atoms. The molecule has 2 rings (SSSR count). The number of amides is 1. The smallest absolute Gasteiger partial charge is 0.225 e. The van der Waals surface area contributed by atoms with E-state index in [-0.39, 0.29) is 11.9 Å². The van der Waals surface area contributed by atoms with E-state index in [4.69, 9.17) is 0 Å². The molecule has 0 spiro atoms. The van der Waals surface area contributed by atoms with Crippen molar-refractivity contribution >= 4 is 22.4 Å². The van der Waals surface area contributed by atoms with Gasteiger partial charge in [-0.05, 0) is 26.3 Å². The highest BCUT2D eigenvalue weighted by atomic mass is 32.1. The number of carbonyl (C=O) groups is 1. The molecule has 5 heteroatoms. The van der Waals surface area contributed by atoms with Crippen molar-refractivity contribution in [3.63, 3.8) is 0 Å². The highest BCUT2D eigenvalue weighted by molar-refractivity contribution is 7.14. The van der Waals surface area contributed by atoms with Crippen molar-refractivity contribution in [1.29, 1.82) is 0 Å². The summed E-state index contributed by atoms with van der Waals surface area (Å²) in [6.07, 6.45) is 0. The second kappa shape index (κ2) is 7.51. The van der Waals surface area contributed by atoms with Crippen molar-refractivity contribution in [2.45, 2.75) is 40.3 Å². The lowest BCUT2D eigenvalue weighted by Crippen LogP contribution is -2.27. The number of anilines is 1. The largest absolute Gasteiger partial charge is 0.305 e. The molecule has 0 aliphatic rings. The zero-order valence-corrected chi connectivity index (χ0v) is 14.4. The zero-order valence-electron chi connectivity index (χ0n) is 13.6. The normalized spacial score (nSPS) is 12.2. The quantitative estimate of drug-likeness (QED) is 0.884. The first-order chi connectivity index (χ1) is 10.5. The van der Waals surface area contributed by atoms with Gasteiger partial charge in [0.05, 0.1) is 5.69 Å². The summed E-state index contributed by atoms with van der Waals surface area (Å²) in [5.74, 6) is 0.0318. The highest BCUT2D eigenvalue weighted by Crippen LogP contribution is 2.21. The van der Waals surface area contributed by atoms with Crippen LogP contribution in [0.15, 0.2) is 29.6 Å². The Morgan fingerprint density at radius 3 is 2.64 bits per heavy atom. The molecule has 1 aromatic carbocycles. The van der Waals surface area contributed by atoms with E-state index in [0.29, 0.717) is 13.1 Å². The van der Waals surface area contributed by atoms with Gasteiger partial charge in [0, 0.05) is 31.4 Å². The van der Waals surface area contributed by atoms with Crippen molar-refractivity contribution in [2.75, 3.05) is 11.4 Å². The lowest BCUT2D eigenvalue weighted by Gasteiger charge is -2.15. The zero-order chi connectivity index (χ0) is 16.1. The number of nitrogens with zero attached hydrogens (tertiary/aromatic N) is 2. The summed E-state index contributed by atoms with van der Waals surface area (Å²) >= 11 is 1.51. The van der Waals surface area contributed by atoms with Gasteiger partial charge in [0.25, 0.3) is 0 Å². The van der Waals surface area contributed by atoms with Gasteiger partial charge in [-0.1, -0.05) is 29.8 Å². The Morgan fingerprint density at radius 2 is 2.05 bits per heavy atom. The van der Waals surface area contributed by atoms with E-state index in [1.165, 1.54) is 22.5 Å². The van der Waals surface area contributed by atoms with Crippen LogP contribution in [0.4, 0.5) is 5.13 Å². The Morgan fingerprint density at radius 1 is 1.36 bits per heavy atom. The molecule has 0 fully saturated rings. The predicted molar refractivity (Wildman–Crippen MR) is 92.2 cm³/mol.